The molecule has 0 spiro atoms. The molecule has 1 unspecified atom stereocenters. The van der Waals surface area contributed by atoms with E-state index in [9.17, 15) is 0 Å². The van der Waals surface area contributed by atoms with Crippen LogP contribution in [-0.2, 0) is 0 Å². The number of hydrogen-bond donors (Lipinski definition) is 1. The summed E-state index contributed by atoms with van der Waals surface area (Å²) >= 11 is 3.34. The fourth-order valence-corrected chi connectivity index (χ4v) is 2.32. The van der Waals surface area contributed by atoms with Gasteiger partial charge in [0.25, 0.3) is 0 Å². The van der Waals surface area contributed by atoms with Crippen molar-refractivity contribution in [2.24, 2.45) is 0 Å². The van der Waals surface area contributed by atoms with Crippen LogP contribution in [0.4, 0.5) is 0 Å². The molecule has 0 saturated heterocycles. The van der Waals surface area contributed by atoms with E-state index in [0.717, 1.165) is 34.8 Å². The highest BCUT2D eigenvalue weighted by molar-refractivity contribution is 9.10. The summed E-state index contributed by atoms with van der Waals surface area (Å²) in [5, 5.41) is 3.27. The fraction of sp³-hybridized carbons (Fsp3) is 0.333. The van der Waals surface area contributed by atoms with Crippen molar-refractivity contribution in [3.8, 4) is 5.75 Å². The Morgan fingerprint density at radius 1 is 1.26 bits per heavy atom. The molecule has 0 bridgehead atoms. The van der Waals surface area contributed by atoms with Gasteiger partial charge in [0.15, 0.2) is 4.67 Å². The molecule has 2 aromatic rings. The van der Waals surface area contributed by atoms with Crippen molar-refractivity contribution in [3.63, 3.8) is 0 Å². The van der Waals surface area contributed by atoms with Gasteiger partial charge in [0.2, 0.25) is 0 Å². The maximum Gasteiger partial charge on any atom is 0.169 e. The van der Waals surface area contributed by atoms with Gasteiger partial charge in [-0.25, -0.2) is 0 Å². The Balaban J connectivity index is 2.32. The minimum Gasteiger partial charge on any atom is -0.493 e. The molecule has 3 nitrogen and oxygen atoms in total. The van der Waals surface area contributed by atoms with E-state index in [0.29, 0.717) is 0 Å². The molecule has 4 heteroatoms. The Bertz CT molecular complexity index is 524. The van der Waals surface area contributed by atoms with Gasteiger partial charge in [-0.1, -0.05) is 25.1 Å². The van der Waals surface area contributed by atoms with Crippen molar-refractivity contribution in [3.05, 3.63) is 52.4 Å². The van der Waals surface area contributed by atoms with Gasteiger partial charge >= 0.3 is 0 Å². The van der Waals surface area contributed by atoms with E-state index in [-0.39, 0.29) is 6.04 Å². The summed E-state index contributed by atoms with van der Waals surface area (Å²) in [5.74, 6) is 1.76. The molecule has 0 amide bonds. The molecule has 1 aromatic carbocycles. The Morgan fingerprint density at radius 2 is 2.05 bits per heavy atom. The lowest BCUT2D eigenvalue weighted by molar-refractivity contribution is 0.310. The molecule has 1 N–H and O–H groups in total. The van der Waals surface area contributed by atoms with Crippen LogP contribution in [0.15, 0.2) is 45.5 Å². The lowest BCUT2D eigenvalue weighted by Gasteiger charge is -2.18. The summed E-state index contributed by atoms with van der Waals surface area (Å²) in [4.78, 5) is 0. The summed E-state index contributed by atoms with van der Waals surface area (Å²) in [6.45, 7) is 2.82. The van der Waals surface area contributed by atoms with Crippen LogP contribution in [0.2, 0.25) is 0 Å². The second-order valence-corrected chi connectivity index (χ2v) is 5.03. The number of furan rings is 1. The number of para-hydroxylation sites is 1. The van der Waals surface area contributed by atoms with Gasteiger partial charge < -0.3 is 14.5 Å². The molecule has 0 fully saturated rings. The summed E-state index contributed by atoms with van der Waals surface area (Å²) in [6.07, 6.45) is 0.991. The van der Waals surface area contributed by atoms with Crippen LogP contribution >= 0.6 is 15.9 Å². The van der Waals surface area contributed by atoms with E-state index in [1.165, 1.54) is 0 Å². The third-order valence-corrected chi connectivity index (χ3v) is 3.29. The summed E-state index contributed by atoms with van der Waals surface area (Å²) in [6, 6.07) is 11.9. The Morgan fingerprint density at radius 3 is 2.68 bits per heavy atom. The number of ether oxygens (including phenoxy) is 1. The molecule has 1 atom stereocenters. The van der Waals surface area contributed by atoms with Crippen molar-refractivity contribution >= 4 is 15.9 Å². The van der Waals surface area contributed by atoms with Gasteiger partial charge in [-0.2, -0.15) is 0 Å². The largest absolute Gasteiger partial charge is 0.493 e. The molecule has 0 aliphatic rings. The summed E-state index contributed by atoms with van der Waals surface area (Å²) in [7, 11) is 1.91. The smallest absolute Gasteiger partial charge is 0.169 e. The van der Waals surface area contributed by atoms with Crippen LogP contribution in [0.5, 0.6) is 5.75 Å². The van der Waals surface area contributed by atoms with Crippen molar-refractivity contribution < 1.29 is 9.15 Å². The van der Waals surface area contributed by atoms with Crippen molar-refractivity contribution in [1.29, 1.82) is 0 Å². The highest BCUT2D eigenvalue weighted by Crippen LogP contribution is 2.31. The first-order chi connectivity index (χ1) is 9.26. The predicted octanol–water partition coefficient (Wildman–Crippen LogP) is 4.14. The monoisotopic (exact) mass is 323 g/mol. The average molecular weight is 324 g/mol. The first-order valence-electron chi connectivity index (χ1n) is 6.40. The second-order valence-electron chi connectivity index (χ2n) is 4.25. The van der Waals surface area contributed by atoms with Gasteiger partial charge in [-0.15, -0.1) is 0 Å². The molecule has 0 aliphatic carbocycles. The first-order valence-corrected chi connectivity index (χ1v) is 7.19. The van der Waals surface area contributed by atoms with Gasteiger partial charge in [0.1, 0.15) is 11.5 Å². The highest BCUT2D eigenvalue weighted by atomic mass is 79.9. The van der Waals surface area contributed by atoms with Crippen LogP contribution in [0, 0.1) is 0 Å². The normalized spacial score (nSPS) is 12.4. The minimum absolute atomic E-state index is 0.0145. The molecule has 2 rings (SSSR count). The Labute approximate surface area is 122 Å². The van der Waals surface area contributed by atoms with Crippen molar-refractivity contribution in [2.75, 3.05) is 13.7 Å². The SMILES string of the molecule is CCCOc1ccccc1C(NC)c1ccc(Br)o1. The third kappa shape index (κ3) is 3.39. The molecule has 0 saturated carbocycles. The first kappa shape index (κ1) is 14.2. The number of nitrogens with one attached hydrogen (secondary N) is 1. The predicted molar refractivity (Wildman–Crippen MR) is 79.5 cm³/mol. The summed E-state index contributed by atoms with van der Waals surface area (Å²) < 4.78 is 12.2. The van der Waals surface area contributed by atoms with Crippen molar-refractivity contribution in [1.82, 2.24) is 5.32 Å². The van der Waals surface area contributed by atoms with E-state index >= 15 is 0 Å². The molecule has 1 heterocycles. The van der Waals surface area contributed by atoms with E-state index in [1.807, 2.05) is 37.4 Å². The zero-order valence-corrected chi connectivity index (χ0v) is 12.7. The molecule has 19 heavy (non-hydrogen) atoms. The third-order valence-electron chi connectivity index (χ3n) is 2.86. The quantitative estimate of drug-likeness (QED) is 0.867. The molecule has 0 radical (unpaired) electrons. The summed E-state index contributed by atoms with van der Waals surface area (Å²) in [5.41, 5.74) is 1.08. The van der Waals surface area contributed by atoms with Crippen LogP contribution in [-0.4, -0.2) is 13.7 Å². The Hall–Kier alpha value is -1.26. The number of halogens is 1. The zero-order chi connectivity index (χ0) is 13.7. The van der Waals surface area contributed by atoms with Crippen LogP contribution < -0.4 is 10.1 Å². The van der Waals surface area contributed by atoms with Crippen LogP contribution in [0.25, 0.3) is 0 Å². The molecular formula is C15H18BrNO2. The van der Waals surface area contributed by atoms with E-state index in [1.54, 1.807) is 0 Å². The number of hydrogen-bond acceptors (Lipinski definition) is 3. The standard InChI is InChI=1S/C15H18BrNO2/c1-3-10-18-12-7-5-4-6-11(12)15(17-2)13-8-9-14(16)19-13/h4-9,15,17H,3,10H2,1-2H3. The van der Waals surface area contributed by atoms with Gasteiger partial charge in [0.05, 0.1) is 12.6 Å². The minimum atomic E-state index is -0.0145. The van der Waals surface area contributed by atoms with Gasteiger partial charge in [-0.3, -0.25) is 0 Å². The number of benzene rings is 1. The zero-order valence-electron chi connectivity index (χ0n) is 11.2. The lowest BCUT2D eigenvalue weighted by atomic mass is 10.0. The highest BCUT2D eigenvalue weighted by Gasteiger charge is 2.19. The second kappa shape index (κ2) is 6.78. The van der Waals surface area contributed by atoms with E-state index in [2.05, 4.69) is 34.2 Å². The molecule has 1 aromatic heterocycles. The van der Waals surface area contributed by atoms with Gasteiger partial charge in [-0.05, 0) is 47.6 Å². The molecular weight excluding hydrogens is 306 g/mol. The van der Waals surface area contributed by atoms with E-state index < -0.39 is 0 Å². The van der Waals surface area contributed by atoms with Crippen LogP contribution in [0.1, 0.15) is 30.7 Å². The molecule has 0 aliphatic heterocycles. The van der Waals surface area contributed by atoms with Gasteiger partial charge in [0, 0.05) is 5.56 Å². The van der Waals surface area contributed by atoms with Crippen LogP contribution in [0.3, 0.4) is 0 Å². The Kier molecular flexibility index (Phi) is 5.05. The van der Waals surface area contributed by atoms with E-state index in [4.69, 9.17) is 9.15 Å². The topological polar surface area (TPSA) is 34.4 Å². The maximum atomic E-state index is 5.80. The number of rotatable bonds is 6. The fourth-order valence-electron chi connectivity index (χ4n) is 2.00. The average Bonchev–Trinajstić information content (AvgIpc) is 2.85. The lowest BCUT2D eigenvalue weighted by Crippen LogP contribution is -2.18. The van der Waals surface area contributed by atoms with Crippen molar-refractivity contribution in [2.45, 2.75) is 19.4 Å². The maximum absolute atomic E-state index is 5.80. The molecule has 102 valence electrons.